The molecule has 2 N–H and O–H groups in total. The van der Waals surface area contributed by atoms with Gasteiger partial charge >= 0.3 is 0 Å². The summed E-state index contributed by atoms with van der Waals surface area (Å²) in [5, 5.41) is 0. The van der Waals surface area contributed by atoms with Crippen LogP contribution in [-0.4, -0.2) is 53.8 Å². The van der Waals surface area contributed by atoms with Crippen molar-refractivity contribution >= 4 is 11.8 Å². The molecule has 2 rings (SSSR count). The Kier molecular flexibility index (Phi) is 4.80. The molecule has 0 spiro atoms. The second kappa shape index (κ2) is 6.37. The first-order chi connectivity index (χ1) is 9.08. The molecule has 0 bridgehead atoms. The minimum Gasteiger partial charge on any atom is -0.342 e. The summed E-state index contributed by atoms with van der Waals surface area (Å²) in [5.41, 5.74) is 5.67. The van der Waals surface area contributed by atoms with Gasteiger partial charge in [0.2, 0.25) is 11.8 Å². The molecular weight excluding hydrogens is 242 g/mol. The minimum atomic E-state index is -0.109. The minimum absolute atomic E-state index is 0.00359. The highest BCUT2D eigenvalue weighted by molar-refractivity contribution is 5.81. The van der Waals surface area contributed by atoms with Crippen molar-refractivity contribution in [3.8, 4) is 0 Å². The predicted molar refractivity (Wildman–Crippen MR) is 73.4 cm³/mol. The quantitative estimate of drug-likeness (QED) is 0.813. The number of hydrogen-bond acceptors (Lipinski definition) is 3. The third kappa shape index (κ3) is 3.69. The number of hydrogen-bond donors (Lipinski definition) is 1. The molecule has 0 aliphatic carbocycles. The second-order valence-corrected chi connectivity index (χ2v) is 5.89. The summed E-state index contributed by atoms with van der Waals surface area (Å²) in [6, 6.07) is -0.109. The molecule has 0 aromatic heterocycles. The maximum absolute atomic E-state index is 12.4. The first-order valence-corrected chi connectivity index (χ1v) is 7.40. The van der Waals surface area contributed by atoms with Gasteiger partial charge in [-0.3, -0.25) is 9.59 Å². The first kappa shape index (κ1) is 14.3. The molecule has 5 heteroatoms. The van der Waals surface area contributed by atoms with Gasteiger partial charge in [-0.05, 0) is 32.6 Å². The lowest BCUT2D eigenvalue weighted by molar-refractivity contribution is -0.140. The summed E-state index contributed by atoms with van der Waals surface area (Å²) in [5.74, 6) is 0.341. The lowest BCUT2D eigenvalue weighted by Gasteiger charge is -2.34. The number of likely N-dealkylation sites (tertiary alicyclic amines) is 2. The molecule has 2 saturated heterocycles. The van der Waals surface area contributed by atoms with E-state index in [1.54, 1.807) is 0 Å². The van der Waals surface area contributed by atoms with Gasteiger partial charge in [0.1, 0.15) is 0 Å². The molecule has 0 radical (unpaired) electrons. The summed E-state index contributed by atoms with van der Waals surface area (Å²) in [6.45, 7) is 4.98. The number of nitrogens with zero attached hydrogens (tertiary/aromatic N) is 2. The highest BCUT2D eigenvalue weighted by Gasteiger charge is 2.32. The van der Waals surface area contributed by atoms with Crippen LogP contribution in [-0.2, 0) is 9.59 Å². The summed E-state index contributed by atoms with van der Waals surface area (Å²) >= 11 is 0. The van der Waals surface area contributed by atoms with Crippen LogP contribution in [0.5, 0.6) is 0 Å². The van der Waals surface area contributed by atoms with E-state index in [1.165, 1.54) is 0 Å². The fraction of sp³-hybridized carbons (Fsp3) is 0.857. The van der Waals surface area contributed by atoms with Crippen molar-refractivity contribution in [3.63, 3.8) is 0 Å². The van der Waals surface area contributed by atoms with Crippen molar-refractivity contribution < 1.29 is 9.59 Å². The monoisotopic (exact) mass is 267 g/mol. The van der Waals surface area contributed by atoms with E-state index in [9.17, 15) is 9.59 Å². The summed E-state index contributed by atoms with van der Waals surface area (Å²) < 4.78 is 0. The maximum atomic E-state index is 12.4. The summed E-state index contributed by atoms with van der Waals surface area (Å²) in [4.78, 5) is 28.2. The number of carbonyl (C=O) groups excluding carboxylic acids is 2. The molecule has 108 valence electrons. The van der Waals surface area contributed by atoms with Gasteiger partial charge in [0.05, 0.1) is 5.92 Å². The van der Waals surface area contributed by atoms with Crippen LogP contribution in [0.15, 0.2) is 0 Å². The van der Waals surface area contributed by atoms with E-state index in [-0.39, 0.29) is 23.8 Å². The first-order valence-electron chi connectivity index (χ1n) is 7.40. The predicted octanol–water partition coefficient (Wildman–Crippen LogP) is 0.585. The Balaban J connectivity index is 1.89. The Hall–Kier alpha value is -1.10. The van der Waals surface area contributed by atoms with Gasteiger partial charge in [-0.1, -0.05) is 0 Å². The highest BCUT2D eigenvalue weighted by Crippen LogP contribution is 2.21. The number of amides is 2. The van der Waals surface area contributed by atoms with Gasteiger partial charge in [0.15, 0.2) is 0 Å². The van der Waals surface area contributed by atoms with Crippen molar-refractivity contribution in [1.29, 1.82) is 0 Å². The van der Waals surface area contributed by atoms with Crippen LogP contribution in [0.25, 0.3) is 0 Å². The van der Waals surface area contributed by atoms with E-state index in [4.69, 9.17) is 5.73 Å². The Morgan fingerprint density at radius 2 is 1.79 bits per heavy atom. The lowest BCUT2D eigenvalue weighted by atomic mass is 9.96. The largest absolute Gasteiger partial charge is 0.342 e. The van der Waals surface area contributed by atoms with Crippen molar-refractivity contribution in [2.75, 3.05) is 26.2 Å². The Bertz CT molecular complexity index is 338. The standard InChI is InChI=1S/C14H25N3O2/c1-11(15)9-13(18)17-8-4-5-12(10-17)14(19)16-6-2-3-7-16/h11-12H,2-10,15H2,1H3. The Morgan fingerprint density at radius 3 is 2.42 bits per heavy atom. The zero-order valence-electron chi connectivity index (χ0n) is 11.8. The van der Waals surface area contributed by atoms with Crippen LogP contribution in [0, 0.1) is 5.92 Å². The fourth-order valence-electron chi connectivity index (χ4n) is 3.01. The van der Waals surface area contributed by atoms with Crippen LogP contribution in [0.1, 0.15) is 39.0 Å². The van der Waals surface area contributed by atoms with Gasteiger partial charge in [0.25, 0.3) is 0 Å². The number of rotatable bonds is 3. The normalized spacial score (nSPS) is 25.5. The Morgan fingerprint density at radius 1 is 1.16 bits per heavy atom. The molecule has 2 aliphatic rings. The van der Waals surface area contributed by atoms with E-state index in [0.29, 0.717) is 13.0 Å². The zero-order valence-corrected chi connectivity index (χ0v) is 11.8. The van der Waals surface area contributed by atoms with Crippen molar-refractivity contribution in [3.05, 3.63) is 0 Å². The maximum Gasteiger partial charge on any atom is 0.227 e. The lowest BCUT2D eigenvalue weighted by Crippen LogP contribution is -2.47. The molecule has 0 saturated carbocycles. The molecule has 2 atom stereocenters. The molecule has 0 aromatic rings. The summed E-state index contributed by atoms with van der Waals surface area (Å²) in [6.07, 6.45) is 4.45. The molecule has 2 fully saturated rings. The molecule has 5 nitrogen and oxygen atoms in total. The van der Waals surface area contributed by atoms with E-state index in [2.05, 4.69) is 0 Å². The average Bonchev–Trinajstić information content (AvgIpc) is 2.91. The fourth-order valence-corrected chi connectivity index (χ4v) is 3.01. The molecule has 19 heavy (non-hydrogen) atoms. The topological polar surface area (TPSA) is 66.6 Å². The van der Waals surface area contributed by atoms with E-state index < -0.39 is 0 Å². The van der Waals surface area contributed by atoms with Crippen LogP contribution < -0.4 is 5.73 Å². The molecule has 2 amide bonds. The van der Waals surface area contributed by atoms with E-state index in [1.807, 2.05) is 16.7 Å². The van der Waals surface area contributed by atoms with Gasteiger partial charge in [-0.25, -0.2) is 0 Å². The summed E-state index contributed by atoms with van der Waals surface area (Å²) in [7, 11) is 0. The van der Waals surface area contributed by atoms with E-state index >= 15 is 0 Å². The van der Waals surface area contributed by atoms with Gasteiger partial charge in [-0.2, -0.15) is 0 Å². The van der Waals surface area contributed by atoms with Crippen molar-refractivity contribution in [2.24, 2.45) is 11.7 Å². The van der Waals surface area contributed by atoms with Gasteiger partial charge < -0.3 is 15.5 Å². The SMILES string of the molecule is CC(N)CC(=O)N1CCCC(C(=O)N2CCCC2)C1. The smallest absolute Gasteiger partial charge is 0.227 e. The highest BCUT2D eigenvalue weighted by atomic mass is 16.2. The number of carbonyl (C=O) groups is 2. The number of nitrogens with two attached hydrogens (primary N) is 1. The molecule has 2 aliphatic heterocycles. The number of piperidine rings is 1. The van der Waals surface area contributed by atoms with Gasteiger partial charge in [0, 0.05) is 38.6 Å². The third-order valence-corrected chi connectivity index (χ3v) is 4.04. The van der Waals surface area contributed by atoms with Gasteiger partial charge in [-0.15, -0.1) is 0 Å². The molecule has 0 aromatic carbocycles. The van der Waals surface area contributed by atoms with Crippen LogP contribution in [0.2, 0.25) is 0 Å². The van der Waals surface area contributed by atoms with Crippen LogP contribution >= 0.6 is 0 Å². The van der Waals surface area contributed by atoms with E-state index in [0.717, 1.165) is 45.3 Å². The van der Waals surface area contributed by atoms with Crippen molar-refractivity contribution in [1.82, 2.24) is 9.80 Å². The van der Waals surface area contributed by atoms with Crippen LogP contribution in [0.3, 0.4) is 0 Å². The van der Waals surface area contributed by atoms with Crippen molar-refractivity contribution in [2.45, 2.75) is 45.1 Å². The molecule has 2 heterocycles. The second-order valence-electron chi connectivity index (χ2n) is 5.89. The van der Waals surface area contributed by atoms with Crippen LogP contribution in [0.4, 0.5) is 0 Å². The molecular formula is C14H25N3O2. The Labute approximate surface area is 115 Å². The molecule has 2 unspecified atom stereocenters. The average molecular weight is 267 g/mol. The zero-order chi connectivity index (χ0) is 13.8. The third-order valence-electron chi connectivity index (χ3n) is 4.04.